The number of hydrogen-bond donors (Lipinski definition) is 2. The predicted octanol–water partition coefficient (Wildman–Crippen LogP) is 3.22. The molecular weight excluding hydrogens is 419 g/mol. The zero-order valence-corrected chi connectivity index (χ0v) is 16.7. The average molecular weight is 436 g/mol. The van der Waals surface area contributed by atoms with Gasteiger partial charge in [0.1, 0.15) is 12.2 Å². The van der Waals surface area contributed by atoms with Gasteiger partial charge in [0, 0.05) is 31.3 Å². The summed E-state index contributed by atoms with van der Waals surface area (Å²) < 4.78 is 0. The van der Waals surface area contributed by atoms with Crippen LogP contribution in [0.4, 0.5) is 17.1 Å². The fraction of sp³-hybridized carbons (Fsp3) is 0.222. The third kappa shape index (κ3) is 3.07. The van der Waals surface area contributed by atoms with Crippen molar-refractivity contribution in [1.82, 2.24) is 9.91 Å². The molecule has 0 saturated carbocycles. The molecule has 0 amide bonds. The monoisotopic (exact) mass is 435 g/mol. The van der Waals surface area contributed by atoms with E-state index in [9.17, 15) is 15.0 Å². The topological polar surface area (TPSA) is 122 Å². The normalized spacial score (nSPS) is 15.6. The summed E-state index contributed by atoms with van der Waals surface area (Å²) >= 11 is 12.5. The van der Waals surface area contributed by atoms with Gasteiger partial charge in [0.15, 0.2) is 4.87 Å². The molecule has 0 aromatic heterocycles. The number of fused-ring (bicyclic) bond motifs is 3. The Morgan fingerprint density at radius 3 is 2.45 bits per heavy atom. The third-order valence-electron chi connectivity index (χ3n) is 5.00. The number of hydrogen-bond acceptors (Lipinski definition) is 6. The summed E-state index contributed by atoms with van der Waals surface area (Å²) in [4.78, 5) is 26.3. The first-order valence-electron chi connectivity index (χ1n) is 8.81. The molecule has 150 valence electrons. The lowest BCUT2D eigenvalue weighted by Crippen LogP contribution is -2.42. The molecule has 0 radical (unpaired) electrons. The van der Waals surface area contributed by atoms with Crippen LogP contribution >= 0.6 is 23.2 Å². The van der Waals surface area contributed by atoms with E-state index in [0.717, 1.165) is 5.70 Å². The first-order chi connectivity index (χ1) is 13.8. The van der Waals surface area contributed by atoms with Crippen molar-refractivity contribution < 1.29 is 9.79 Å². The molecule has 2 aliphatic heterocycles. The zero-order chi connectivity index (χ0) is 20.9. The van der Waals surface area contributed by atoms with E-state index >= 15 is 0 Å². The number of nitroso groups, excluding NO2 is 1. The van der Waals surface area contributed by atoms with Gasteiger partial charge in [-0.15, -0.1) is 0 Å². The molecule has 0 unspecified atom stereocenters. The molecule has 4 rings (SSSR count). The molecule has 2 aliphatic rings. The van der Waals surface area contributed by atoms with Crippen LogP contribution in [0.1, 0.15) is 11.1 Å². The molecule has 0 saturated heterocycles. The fourth-order valence-electron chi connectivity index (χ4n) is 3.70. The first-order valence-corrected chi connectivity index (χ1v) is 9.56. The highest BCUT2D eigenvalue weighted by atomic mass is 35.5. The van der Waals surface area contributed by atoms with Crippen molar-refractivity contribution in [2.75, 3.05) is 31.9 Å². The molecule has 2 aromatic carbocycles. The van der Waals surface area contributed by atoms with E-state index in [1.165, 1.54) is 12.1 Å². The van der Waals surface area contributed by atoms with E-state index in [0.29, 0.717) is 57.9 Å². The van der Waals surface area contributed by atoms with Gasteiger partial charge in [-0.1, -0.05) is 28.2 Å². The minimum Gasteiger partial charge on any atom is -0.396 e. The van der Waals surface area contributed by atoms with Crippen LogP contribution in [0.3, 0.4) is 0 Å². The lowest BCUT2D eigenvalue weighted by Gasteiger charge is -2.34. The largest absolute Gasteiger partial charge is 0.396 e. The van der Waals surface area contributed by atoms with Gasteiger partial charge in [-0.2, -0.15) is 0 Å². The van der Waals surface area contributed by atoms with Crippen LogP contribution in [0, 0.1) is 15.0 Å². The molecular formula is C18H17Cl2N6O3+. The molecule has 9 nitrogen and oxygen atoms in total. The number of nitro groups is 1. The number of non-ortho nitro benzene ring substituents is 1. The van der Waals surface area contributed by atoms with Crippen LogP contribution in [-0.2, 0) is 0 Å². The number of nitrogens with two attached hydrogens (primary N) is 2. The maximum Gasteiger partial charge on any atom is 0.309 e. The Kier molecular flexibility index (Phi) is 4.81. The summed E-state index contributed by atoms with van der Waals surface area (Å²) in [5.41, 5.74) is 14.6. The van der Waals surface area contributed by atoms with Gasteiger partial charge in [-0.25, -0.2) is 0 Å². The Labute approximate surface area is 175 Å². The molecule has 11 heteroatoms. The van der Waals surface area contributed by atoms with Crippen LogP contribution in [0.15, 0.2) is 30.3 Å². The van der Waals surface area contributed by atoms with Crippen molar-refractivity contribution >= 4 is 51.7 Å². The van der Waals surface area contributed by atoms with Crippen molar-refractivity contribution in [2.45, 2.75) is 0 Å². The summed E-state index contributed by atoms with van der Waals surface area (Å²) in [7, 11) is 0. The number of nitrogens with zero attached hydrogens (tertiary/aromatic N) is 4. The van der Waals surface area contributed by atoms with E-state index in [-0.39, 0.29) is 17.1 Å². The van der Waals surface area contributed by atoms with Gasteiger partial charge in [-0.05, 0) is 18.2 Å². The van der Waals surface area contributed by atoms with Crippen LogP contribution in [0.25, 0.3) is 11.4 Å². The second-order valence-corrected chi connectivity index (χ2v) is 7.50. The van der Waals surface area contributed by atoms with Crippen LogP contribution < -0.4 is 11.5 Å². The maximum absolute atomic E-state index is 12.9. The summed E-state index contributed by atoms with van der Waals surface area (Å²) in [5.74, 6) is 0. The summed E-state index contributed by atoms with van der Waals surface area (Å²) in [5, 5.41) is 13.3. The Balaban J connectivity index is 1.99. The smallest absolute Gasteiger partial charge is 0.309 e. The number of halogens is 2. The van der Waals surface area contributed by atoms with Crippen LogP contribution in [0.2, 0.25) is 10.0 Å². The van der Waals surface area contributed by atoms with Gasteiger partial charge in [-0.3, -0.25) is 10.1 Å². The predicted molar refractivity (Wildman–Crippen MR) is 111 cm³/mol. The van der Waals surface area contributed by atoms with Gasteiger partial charge in [0.2, 0.25) is 0 Å². The quantitative estimate of drug-likeness (QED) is 0.327. The first kappa shape index (κ1) is 19.4. The third-order valence-corrected chi connectivity index (χ3v) is 5.63. The highest BCUT2D eigenvalue weighted by molar-refractivity contribution is 6.39. The molecule has 4 N–H and O–H groups in total. The summed E-state index contributed by atoms with van der Waals surface area (Å²) in [6, 6.07) is 7.63. The summed E-state index contributed by atoms with van der Waals surface area (Å²) in [6.45, 7) is 1.89. The second-order valence-electron chi connectivity index (χ2n) is 6.68. The number of nitro benzene ring substituents is 1. The zero-order valence-electron chi connectivity index (χ0n) is 15.1. The van der Waals surface area contributed by atoms with E-state index in [2.05, 4.69) is 0 Å². The number of rotatable bonds is 4. The minimum atomic E-state index is -0.527. The SMILES string of the molecule is NCCN1CCN2C(=C1c1cc(Cl)c(N)c(Cl)c1)c1ccc([N+](=O)[O-])cc1[N+]2=O. The van der Waals surface area contributed by atoms with Crippen molar-refractivity contribution in [1.29, 1.82) is 0 Å². The van der Waals surface area contributed by atoms with Crippen molar-refractivity contribution in [2.24, 2.45) is 5.73 Å². The second kappa shape index (κ2) is 7.18. The number of anilines is 1. The summed E-state index contributed by atoms with van der Waals surface area (Å²) in [6.07, 6.45) is 0. The highest BCUT2D eigenvalue weighted by Crippen LogP contribution is 2.46. The van der Waals surface area contributed by atoms with Crippen molar-refractivity contribution in [3.05, 3.63) is 66.5 Å². The molecule has 0 fully saturated rings. The van der Waals surface area contributed by atoms with E-state index in [4.69, 9.17) is 34.7 Å². The molecule has 29 heavy (non-hydrogen) atoms. The van der Waals surface area contributed by atoms with Gasteiger partial charge < -0.3 is 16.4 Å². The molecule has 0 atom stereocenters. The molecule has 2 aromatic rings. The molecule has 0 bridgehead atoms. The van der Waals surface area contributed by atoms with Crippen molar-refractivity contribution in [3.63, 3.8) is 0 Å². The minimum absolute atomic E-state index is 0.149. The standard InChI is InChI=1S/C18H17Cl2N6O3/c19-13-7-10(8-14(20)16(13)22)17-18-12-2-1-11(26(28)29)9-15(12)25(27)24(18)6-5-23(17)4-3-21/h1-2,7-9H,3-6,21-22H2/q+1. The highest BCUT2D eigenvalue weighted by Gasteiger charge is 2.47. The maximum atomic E-state index is 12.9. The number of nitrogen functional groups attached to an aromatic ring is 1. The number of hydrazine groups is 1. The van der Waals surface area contributed by atoms with Crippen LogP contribution in [0.5, 0.6) is 0 Å². The lowest BCUT2D eigenvalue weighted by molar-refractivity contribution is -0.612. The Bertz CT molecular complexity index is 1060. The van der Waals surface area contributed by atoms with E-state index in [1.807, 2.05) is 4.90 Å². The molecule has 0 spiro atoms. The fourth-order valence-corrected chi connectivity index (χ4v) is 4.19. The van der Waals surface area contributed by atoms with Crippen LogP contribution in [-0.4, -0.2) is 45.9 Å². The molecule has 2 heterocycles. The molecule has 0 aliphatic carbocycles. The Morgan fingerprint density at radius 2 is 1.83 bits per heavy atom. The van der Waals surface area contributed by atoms with E-state index in [1.54, 1.807) is 23.2 Å². The van der Waals surface area contributed by atoms with Crippen molar-refractivity contribution in [3.8, 4) is 0 Å². The van der Waals surface area contributed by atoms with E-state index < -0.39 is 4.92 Å². The van der Waals surface area contributed by atoms with Gasteiger partial charge in [0.25, 0.3) is 5.69 Å². The Hall–Kier alpha value is -2.88. The Morgan fingerprint density at radius 1 is 1.14 bits per heavy atom. The van der Waals surface area contributed by atoms with Gasteiger partial charge in [0.05, 0.1) is 42.9 Å². The lowest BCUT2D eigenvalue weighted by atomic mass is 10.0. The van der Waals surface area contributed by atoms with Gasteiger partial charge >= 0.3 is 5.69 Å². The average Bonchev–Trinajstić information content (AvgIpc) is 2.98. The number of benzene rings is 2.